The van der Waals surface area contributed by atoms with Crippen LogP contribution in [0.2, 0.25) is 0 Å². The third kappa shape index (κ3) is 4.36. The van der Waals surface area contributed by atoms with E-state index in [0.717, 1.165) is 15.5 Å². The number of sulfonamides is 1. The molecule has 0 fully saturated rings. The van der Waals surface area contributed by atoms with E-state index < -0.39 is 22.0 Å². The first-order valence-electron chi connectivity index (χ1n) is 8.64. The maximum Gasteiger partial charge on any atom is 0.248 e. The van der Waals surface area contributed by atoms with Crippen molar-refractivity contribution in [2.75, 3.05) is 35.3 Å². The highest BCUT2D eigenvalue weighted by molar-refractivity contribution is 7.98. The number of rotatable bonds is 6. The molecule has 1 aliphatic heterocycles. The van der Waals surface area contributed by atoms with Gasteiger partial charge in [0.1, 0.15) is 19.3 Å². The van der Waals surface area contributed by atoms with E-state index in [-0.39, 0.29) is 0 Å². The van der Waals surface area contributed by atoms with Gasteiger partial charge in [0.15, 0.2) is 11.5 Å². The fourth-order valence-corrected chi connectivity index (χ4v) is 4.68. The smallest absolute Gasteiger partial charge is 0.248 e. The Hall–Kier alpha value is -2.39. The van der Waals surface area contributed by atoms with Crippen molar-refractivity contribution < 1.29 is 22.7 Å². The molecule has 1 N–H and O–H groups in total. The van der Waals surface area contributed by atoms with Gasteiger partial charge in [-0.2, -0.15) is 0 Å². The molecule has 9 heteroatoms. The predicted molar refractivity (Wildman–Crippen MR) is 111 cm³/mol. The molecule has 2 aromatic carbocycles. The molecule has 150 valence electrons. The minimum atomic E-state index is -3.73. The number of carbonyl (C=O) groups excluding carboxylic acids is 1. The number of ether oxygens (including phenoxy) is 2. The lowest BCUT2D eigenvalue weighted by Crippen LogP contribution is -2.45. The maximum atomic E-state index is 12.8. The van der Waals surface area contributed by atoms with E-state index in [2.05, 4.69) is 5.32 Å². The van der Waals surface area contributed by atoms with E-state index in [1.165, 1.54) is 11.8 Å². The second kappa shape index (κ2) is 8.32. The van der Waals surface area contributed by atoms with Gasteiger partial charge in [-0.3, -0.25) is 9.10 Å². The summed E-state index contributed by atoms with van der Waals surface area (Å²) in [6, 6.07) is 11.2. The average Bonchev–Trinajstić information content (AvgIpc) is 2.67. The van der Waals surface area contributed by atoms with E-state index in [0.29, 0.717) is 36.1 Å². The van der Waals surface area contributed by atoms with Crippen LogP contribution in [0.3, 0.4) is 0 Å². The molecule has 0 saturated heterocycles. The fraction of sp³-hybridized carbons (Fsp3) is 0.316. The molecule has 7 nitrogen and oxygen atoms in total. The Labute approximate surface area is 169 Å². The quantitative estimate of drug-likeness (QED) is 0.721. The van der Waals surface area contributed by atoms with Crippen molar-refractivity contribution in [1.29, 1.82) is 0 Å². The van der Waals surface area contributed by atoms with Crippen molar-refractivity contribution >= 4 is 39.1 Å². The number of hydrogen-bond donors (Lipinski definition) is 1. The molecular weight excluding hydrogens is 400 g/mol. The zero-order valence-corrected chi connectivity index (χ0v) is 17.5. The number of anilines is 2. The largest absolute Gasteiger partial charge is 0.486 e. The van der Waals surface area contributed by atoms with E-state index in [1.54, 1.807) is 31.2 Å². The molecule has 0 bridgehead atoms. The fourth-order valence-electron chi connectivity index (χ4n) is 2.96. The molecule has 0 spiro atoms. The molecule has 0 aliphatic carbocycles. The molecule has 2 aromatic rings. The molecule has 0 saturated carbocycles. The van der Waals surface area contributed by atoms with Crippen LogP contribution >= 0.6 is 11.8 Å². The highest BCUT2D eigenvalue weighted by Gasteiger charge is 2.30. The normalized spacial score (nSPS) is 14.2. The van der Waals surface area contributed by atoms with Crippen LogP contribution in [-0.2, 0) is 14.8 Å². The van der Waals surface area contributed by atoms with Gasteiger partial charge in [-0.1, -0.05) is 12.1 Å². The first-order valence-corrected chi connectivity index (χ1v) is 11.7. The zero-order chi connectivity index (χ0) is 20.3. The lowest BCUT2D eigenvalue weighted by atomic mass is 10.2. The monoisotopic (exact) mass is 422 g/mol. The summed E-state index contributed by atoms with van der Waals surface area (Å²) in [5, 5.41) is 2.82. The average molecular weight is 423 g/mol. The third-order valence-electron chi connectivity index (χ3n) is 4.23. The van der Waals surface area contributed by atoms with E-state index in [4.69, 9.17) is 9.47 Å². The maximum absolute atomic E-state index is 12.8. The summed E-state index contributed by atoms with van der Waals surface area (Å²) in [7, 11) is -3.73. The topological polar surface area (TPSA) is 84.9 Å². The Morgan fingerprint density at radius 2 is 1.82 bits per heavy atom. The van der Waals surface area contributed by atoms with Gasteiger partial charge in [-0.05, 0) is 37.4 Å². The van der Waals surface area contributed by atoms with Gasteiger partial charge in [-0.25, -0.2) is 8.42 Å². The zero-order valence-electron chi connectivity index (χ0n) is 15.8. The summed E-state index contributed by atoms with van der Waals surface area (Å²) in [5.41, 5.74) is 0.982. The van der Waals surface area contributed by atoms with Crippen molar-refractivity contribution in [2.24, 2.45) is 0 Å². The van der Waals surface area contributed by atoms with Crippen LogP contribution in [0.5, 0.6) is 11.5 Å². The molecule has 0 aromatic heterocycles. The Bertz CT molecular complexity index is 978. The summed E-state index contributed by atoms with van der Waals surface area (Å²) < 4.78 is 37.1. The molecule has 28 heavy (non-hydrogen) atoms. The highest BCUT2D eigenvalue weighted by Crippen LogP contribution is 2.35. The third-order valence-corrected chi connectivity index (χ3v) is 6.27. The summed E-state index contributed by atoms with van der Waals surface area (Å²) in [6.45, 7) is 2.38. The van der Waals surface area contributed by atoms with Crippen molar-refractivity contribution in [2.45, 2.75) is 17.9 Å². The van der Waals surface area contributed by atoms with Crippen molar-refractivity contribution in [3.8, 4) is 11.5 Å². The number of nitrogens with zero attached hydrogens (tertiary/aromatic N) is 1. The van der Waals surface area contributed by atoms with Crippen LogP contribution in [0.25, 0.3) is 0 Å². The summed E-state index contributed by atoms with van der Waals surface area (Å²) in [6.07, 6.45) is 2.98. The Morgan fingerprint density at radius 3 is 2.50 bits per heavy atom. The van der Waals surface area contributed by atoms with Crippen LogP contribution < -0.4 is 19.1 Å². The van der Waals surface area contributed by atoms with Crippen LogP contribution in [0.4, 0.5) is 11.4 Å². The molecule has 3 rings (SSSR count). The first kappa shape index (κ1) is 20.3. The molecule has 1 aliphatic rings. The van der Waals surface area contributed by atoms with Crippen LogP contribution in [0.15, 0.2) is 47.4 Å². The van der Waals surface area contributed by atoms with E-state index in [9.17, 15) is 13.2 Å². The van der Waals surface area contributed by atoms with Crippen LogP contribution in [0.1, 0.15) is 6.92 Å². The van der Waals surface area contributed by atoms with Gasteiger partial charge in [0.05, 0.1) is 17.6 Å². The minimum absolute atomic E-state index is 0.340. The molecule has 0 unspecified atom stereocenters. The van der Waals surface area contributed by atoms with Gasteiger partial charge in [0.2, 0.25) is 15.9 Å². The van der Waals surface area contributed by atoms with Gasteiger partial charge in [0, 0.05) is 11.0 Å². The van der Waals surface area contributed by atoms with Crippen LogP contribution in [-0.4, -0.2) is 46.1 Å². The van der Waals surface area contributed by atoms with E-state index >= 15 is 0 Å². The Balaban J connectivity index is 1.90. The first-order chi connectivity index (χ1) is 13.3. The van der Waals surface area contributed by atoms with Crippen molar-refractivity contribution in [3.63, 3.8) is 0 Å². The van der Waals surface area contributed by atoms with Gasteiger partial charge >= 0.3 is 0 Å². The highest BCUT2D eigenvalue weighted by atomic mass is 32.2. The number of para-hydroxylation sites is 1. The lowest BCUT2D eigenvalue weighted by molar-refractivity contribution is -0.116. The van der Waals surface area contributed by atoms with Crippen molar-refractivity contribution in [1.82, 2.24) is 0 Å². The number of amides is 1. The Morgan fingerprint density at radius 1 is 1.14 bits per heavy atom. The Kier molecular flexibility index (Phi) is 6.04. The summed E-state index contributed by atoms with van der Waals surface area (Å²) in [4.78, 5) is 13.7. The van der Waals surface area contributed by atoms with Gasteiger partial charge < -0.3 is 14.8 Å². The summed E-state index contributed by atoms with van der Waals surface area (Å²) >= 11 is 1.50. The van der Waals surface area contributed by atoms with Crippen molar-refractivity contribution in [3.05, 3.63) is 42.5 Å². The standard InChI is InChI=1S/C19H22N2O5S2/c1-13(19(22)20-15-6-4-5-7-18(15)27-2)21(28(3,23)24)14-8-9-16-17(12-14)26-11-10-25-16/h4-9,12-13H,10-11H2,1-3H3,(H,20,22)/t13-/m1/s1. The predicted octanol–water partition coefficient (Wildman–Crippen LogP) is 2.97. The number of carbonyl (C=O) groups is 1. The second-order valence-corrected chi connectivity index (χ2v) is 8.96. The molecule has 0 radical (unpaired) electrons. The number of hydrogen-bond acceptors (Lipinski definition) is 6. The number of thioether (sulfide) groups is 1. The number of nitrogens with one attached hydrogen (secondary N) is 1. The minimum Gasteiger partial charge on any atom is -0.486 e. The summed E-state index contributed by atoms with van der Waals surface area (Å²) in [5.74, 6) is 0.578. The molecular formula is C19H22N2O5S2. The van der Waals surface area contributed by atoms with Gasteiger partial charge in [0.25, 0.3) is 0 Å². The molecule has 1 amide bonds. The SMILES string of the molecule is CSc1ccccc1NC(=O)[C@@H](C)N(c1ccc2c(c1)OCCO2)S(C)(=O)=O. The lowest BCUT2D eigenvalue weighted by Gasteiger charge is -2.29. The van der Waals surface area contributed by atoms with Gasteiger partial charge in [-0.15, -0.1) is 11.8 Å². The molecule has 1 heterocycles. The second-order valence-electron chi connectivity index (χ2n) is 6.25. The number of fused-ring (bicyclic) bond motifs is 1. The molecule has 1 atom stereocenters. The van der Waals surface area contributed by atoms with Crippen LogP contribution in [0, 0.1) is 0 Å². The van der Waals surface area contributed by atoms with E-state index in [1.807, 2.05) is 24.5 Å². The number of benzene rings is 2.